The van der Waals surface area contributed by atoms with Gasteiger partial charge in [-0.05, 0) is 38.5 Å². The lowest BCUT2D eigenvalue weighted by Crippen LogP contribution is -2.58. The second-order valence-corrected chi connectivity index (χ2v) is 6.58. The second-order valence-electron chi connectivity index (χ2n) is 6.58. The molecular formula is C15H26N2O3. The molecule has 0 bridgehead atoms. The van der Waals surface area contributed by atoms with Gasteiger partial charge in [0, 0.05) is 6.04 Å². The lowest BCUT2D eigenvalue weighted by atomic mass is 9.84. The topological polar surface area (TPSA) is 83.6 Å². The summed E-state index contributed by atoms with van der Waals surface area (Å²) in [5.41, 5.74) is 5.20. The van der Waals surface area contributed by atoms with Crippen molar-refractivity contribution in [1.82, 2.24) is 4.90 Å². The minimum Gasteiger partial charge on any atom is -0.480 e. The molecule has 1 heterocycles. The molecule has 1 amide bonds. The SMILES string of the molecule is CCCC(C)(N)C(=O)N1C(C(=O)O)CC2CCCCC21. The Morgan fingerprint density at radius 3 is 2.60 bits per heavy atom. The van der Waals surface area contributed by atoms with Crippen molar-refractivity contribution in [2.45, 2.75) is 76.4 Å². The van der Waals surface area contributed by atoms with E-state index in [0.717, 1.165) is 32.1 Å². The summed E-state index contributed by atoms with van der Waals surface area (Å²) in [5, 5.41) is 9.44. The number of likely N-dealkylation sites (tertiary alicyclic amines) is 1. The van der Waals surface area contributed by atoms with Crippen molar-refractivity contribution in [3.63, 3.8) is 0 Å². The summed E-state index contributed by atoms with van der Waals surface area (Å²) < 4.78 is 0. The number of rotatable bonds is 4. The van der Waals surface area contributed by atoms with Gasteiger partial charge in [0.25, 0.3) is 0 Å². The van der Waals surface area contributed by atoms with Gasteiger partial charge in [0.2, 0.25) is 5.91 Å². The monoisotopic (exact) mass is 282 g/mol. The molecule has 1 saturated carbocycles. The maximum Gasteiger partial charge on any atom is 0.326 e. The Kier molecular flexibility index (Phi) is 4.37. The van der Waals surface area contributed by atoms with Crippen LogP contribution in [0.4, 0.5) is 0 Å². The standard InChI is InChI=1S/C15H26N2O3/c1-3-8-15(2,16)14(20)17-11-7-5-4-6-10(11)9-12(17)13(18)19/h10-12H,3-9,16H2,1-2H3,(H,18,19). The number of nitrogens with zero attached hydrogens (tertiary/aromatic N) is 1. The molecule has 4 atom stereocenters. The molecule has 3 N–H and O–H groups in total. The Bertz CT molecular complexity index is 395. The highest BCUT2D eigenvalue weighted by Gasteiger charge is 2.50. The van der Waals surface area contributed by atoms with Gasteiger partial charge < -0.3 is 15.7 Å². The van der Waals surface area contributed by atoms with Crippen LogP contribution in [0.3, 0.4) is 0 Å². The predicted octanol–water partition coefficient (Wildman–Crippen LogP) is 1.75. The van der Waals surface area contributed by atoms with Gasteiger partial charge >= 0.3 is 5.97 Å². The van der Waals surface area contributed by atoms with Crippen LogP contribution in [0.2, 0.25) is 0 Å². The molecular weight excluding hydrogens is 256 g/mol. The zero-order valence-corrected chi connectivity index (χ0v) is 12.5. The van der Waals surface area contributed by atoms with E-state index in [4.69, 9.17) is 5.73 Å². The molecule has 0 spiro atoms. The largest absolute Gasteiger partial charge is 0.480 e. The van der Waals surface area contributed by atoms with Gasteiger partial charge in [-0.25, -0.2) is 4.79 Å². The fraction of sp³-hybridized carbons (Fsp3) is 0.867. The van der Waals surface area contributed by atoms with Crippen LogP contribution < -0.4 is 5.73 Å². The van der Waals surface area contributed by atoms with Crippen molar-refractivity contribution >= 4 is 11.9 Å². The van der Waals surface area contributed by atoms with Crippen LogP contribution in [0.25, 0.3) is 0 Å². The third-order valence-corrected chi connectivity index (χ3v) is 4.87. The van der Waals surface area contributed by atoms with Crippen molar-refractivity contribution in [1.29, 1.82) is 0 Å². The van der Waals surface area contributed by atoms with Crippen LogP contribution in [-0.4, -0.2) is 39.5 Å². The number of hydrogen-bond donors (Lipinski definition) is 2. The smallest absolute Gasteiger partial charge is 0.326 e. The summed E-state index contributed by atoms with van der Waals surface area (Å²) in [7, 11) is 0. The molecule has 2 aliphatic rings. The average Bonchev–Trinajstić information content (AvgIpc) is 2.77. The van der Waals surface area contributed by atoms with Crippen molar-refractivity contribution in [2.24, 2.45) is 11.7 Å². The van der Waals surface area contributed by atoms with Crippen LogP contribution in [-0.2, 0) is 9.59 Å². The molecule has 2 rings (SSSR count). The fourth-order valence-electron chi connectivity index (χ4n) is 3.89. The Morgan fingerprint density at radius 1 is 1.35 bits per heavy atom. The average molecular weight is 282 g/mol. The van der Waals surface area contributed by atoms with Gasteiger partial charge in [-0.3, -0.25) is 4.79 Å². The van der Waals surface area contributed by atoms with Gasteiger partial charge in [-0.1, -0.05) is 26.2 Å². The Hall–Kier alpha value is -1.10. The van der Waals surface area contributed by atoms with Crippen LogP contribution in [0, 0.1) is 5.92 Å². The molecule has 5 nitrogen and oxygen atoms in total. The van der Waals surface area contributed by atoms with E-state index in [9.17, 15) is 14.7 Å². The quantitative estimate of drug-likeness (QED) is 0.822. The third kappa shape index (κ3) is 2.68. The lowest BCUT2D eigenvalue weighted by Gasteiger charge is -2.37. The predicted molar refractivity (Wildman–Crippen MR) is 76.1 cm³/mol. The number of aliphatic carboxylic acids is 1. The Balaban J connectivity index is 2.25. The molecule has 1 aliphatic heterocycles. The van der Waals surface area contributed by atoms with E-state index >= 15 is 0 Å². The van der Waals surface area contributed by atoms with Crippen LogP contribution in [0.1, 0.15) is 58.8 Å². The lowest BCUT2D eigenvalue weighted by molar-refractivity contribution is -0.152. The van der Waals surface area contributed by atoms with E-state index in [0.29, 0.717) is 18.8 Å². The number of carbonyl (C=O) groups excluding carboxylic acids is 1. The minimum absolute atomic E-state index is 0.0806. The number of nitrogens with two attached hydrogens (primary N) is 1. The Labute approximate surface area is 120 Å². The van der Waals surface area contributed by atoms with E-state index in [2.05, 4.69) is 0 Å². The van der Waals surface area contributed by atoms with E-state index in [1.54, 1.807) is 11.8 Å². The third-order valence-electron chi connectivity index (χ3n) is 4.87. The van der Waals surface area contributed by atoms with Gasteiger partial charge in [0.15, 0.2) is 0 Å². The molecule has 0 aromatic heterocycles. The fourth-order valence-corrected chi connectivity index (χ4v) is 3.89. The first-order chi connectivity index (χ1) is 9.38. The summed E-state index contributed by atoms with van der Waals surface area (Å²) in [5.74, 6) is -0.729. The molecule has 1 saturated heterocycles. The van der Waals surface area contributed by atoms with Gasteiger partial charge in [-0.15, -0.1) is 0 Å². The van der Waals surface area contributed by atoms with Crippen molar-refractivity contribution in [2.75, 3.05) is 0 Å². The first-order valence-corrected chi connectivity index (χ1v) is 7.73. The van der Waals surface area contributed by atoms with Gasteiger partial charge in [0.1, 0.15) is 6.04 Å². The molecule has 0 radical (unpaired) electrons. The molecule has 0 aromatic carbocycles. The maximum atomic E-state index is 12.8. The summed E-state index contributed by atoms with van der Waals surface area (Å²) in [6.07, 6.45) is 6.17. The number of carboxylic acids is 1. The van der Waals surface area contributed by atoms with E-state index in [1.807, 2.05) is 6.92 Å². The first-order valence-electron chi connectivity index (χ1n) is 7.73. The van der Waals surface area contributed by atoms with Gasteiger partial charge in [-0.2, -0.15) is 0 Å². The molecule has 114 valence electrons. The highest BCUT2D eigenvalue weighted by Crippen LogP contribution is 2.40. The molecule has 20 heavy (non-hydrogen) atoms. The van der Waals surface area contributed by atoms with Crippen molar-refractivity contribution < 1.29 is 14.7 Å². The number of hydrogen-bond acceptors (Lipinski definition) is 3. The van der Waals surface area contributed by atoms with E-state index in [1.165, 1.54) is 0 Å². The summed E-state index contributed by atoms with van der Waals surface area (Å²) in [4.78, 5) is 25.9. The normalized spacial score (nSPS) is 32.5. The summed E-state index contributed by atoms with van der Waals surface area (Å²) in [6, 6.07) is -0.604. The summed E-state index contributed by atoms with van der Waals surface area (Å²) in [6.45, 7) is 3.72. The molecule has 4 unspecified atom stereocenters. The van der Waals surface area contributed by atoms with Crippen LogP contribution in [0.15, 0.2) is 0 Å². The van der Waals surface area contributed by atoms with Gasteiger partial charge in [0.05, 0.1) is 5.54 Å². The first kappa shape index (κ1) is 15.3. The summed E-state index contributed by atoms with van der Waals surface area (Å²) >= 11 is 0. The highest BCUT2D eigenvalue weighted by atomic mass is 16.4. The number of fused-ring (bicyclic) bond motifs is 1. The number of carbonyl (C=O) groups is 2. The van der Waals surface area contributed by atoms with Crippen molar-refractivity contribution in [3.8, 4) is 0 Å². The van der Waals surface area contributed by atoms with Crippen LogP contribution in [0.5, 0.6) is 0 Å². The molecule has 2 fully saturated rings. The minimum atomic E-state index is -0.950. The molecule has 5 heteroatoms. The number of amides is 1. The zero-order valence-electron chi connectivity index (χ0n) is 12.5. The Morgan fingerprint density at radius 2 is 2.00 bits per heavy atom. The highest BCUT2D eigenvalue weighted by molar-refractivity contribution is 5.90. The van der Waals surface area contributed by atoms with E-state index < -0.39 is 17.6 Å². The maximum absolute atomic E-state index is 12.8. The van der Waals surface area contributed by atoms with E-state index in [-0.39, 0.29) is 11.9 Å². The number of carboxylic acid groups (broad SMARTS) is 1. The molecule has 0 aromatic rings. The second kappa shape index (κ2) is 5.72. The molecule has 1 aliphatic carbocycles. The zero-order chi connectivity index (χ0) is 14.9. The van der Waals surface area contributed by atoms with Crippen LogP contribution >= 0.6 is 0 Å². The van der Waals surface area contributed by atoms with Crippen molar-refractivity contribution in [3.05, 3.63) is 0 Å².